The summed E-state index contributed by atoms with van der Waals surface area (Å²) < 4.78 is 33.8. The molecule has 0 aromatic heterocycles. The highest BCUT2D eigenvalue weighted by atomic mass is 19.2. The van der Waals surface area contributed by atoms with Gasteiger partial charge in [0.1, 0.15) is 0 Å². The molecule has 1 aromatic carbocycles. The lowest BCUT2D eigenvalue weighted by atomic mass is 9.73. The molecular weight excluding hydrogens is 318 g/mol. The zero-order chi connectivity index (χ0) is 17.8. The predicted molar refractivity (Wildman–Crippen MR) is 98.0 cm³/mol. The molecule has 0 aliphatic heterocycles. The monoisotopic (exact) mass is 350 g/mol. The molecule has 0 bridgehead atoms. The van der Waals surface area contributed by atoms with Gasteiger partial charge in [-0.25, -0.2) is 4.39 Å². The average molecular weight is 350 g/mol. The molecule has 0 spiro atoms. The molecular formula is C22H32F2O. The Labute approximate surface area is 151 Å². The minimum absolute atomic E-state index is 0.0327. The Balaban J connectivity index is 1.58. The normalized spacial score (nSPS) is 29.8. The number of rotatable bonds is 6. The van der Waals surface area contributed by atoms with E-state index in [0.29, 0.717) is 12.2 Å². The first-order chi connectivity index (χ1) is 12.1. The summed E-state index contributed by atoms with van der Waals surface area (Å²) in [7, 11) is 0. The molecule has 0 heterocycles. The molecule has 1 aromatic rings. The molecule has 0 saturated heterocycles. The van der Waals surface area contributed by atoms with E-state index in [2.05, 4.69) is 6.92 Å². The zero-order valence-corrected chi connectivity index (χ0v) is 15.7. The fraction of sp³-hybridized carbons (Fsp3) is 0.727. The van der Waals surface area contributed by atoms with E-state index < -0.39 is 11.6 Å². The van der Waals surface area contributed by atoms with Crippen LogP contribution in [0.5, 0.6) is 5.75 Å². The van der Waals surface area contributed by atoms with Gasteiger partial charge in [0, 0.05) is 0 Å². The summed E-state index contributed by atoms with van der Waals surface area (Å²) in [5.41, 5.74) is 0.551. The van der Waals surface area contributed by atoms with Crippen LogP contribution in [0.25, 0.3) is 0 Å². The number of halogens is 2. The second-order valence-corrected chi connectivity index (χ2v) is 8.05. The number of hydrogen-bond donors (Lipinski definition) is 0. The highest BCUT2D eigenvalue weighted by Gasteiger charge is 2.34. The van der Waals surface area contributed by atoms with Crippen LogP contribution in [-0.2, 0) is 0 Å². The lowest BCUT2D eigenvalue weighted by Gasteiger charge is -2.33. The van der Waals surface area contributed by atoms with Gasteiger partial charge >= 0.3 is 0 Å². The molecule has 2 unspecified atom stereocenters. The molecule has 140 valence electrons. The van der Waals surface area contributed by atoms with Crippen LogP contribution < -0.4 is 4.74 Å². The van der Waals surface area contributed by atoms with Crippen molar-refractivity contribution in [3.05, 3.63) is 29.3 Å². The van der Waals surface area contributed by atoms with Crippen LogP contribution >= 0.6 is 0 Å². The van der Waals surface area contributed by atoms with Crippen molar-refractivity contribution in [3.63, 3.8) is 0 Å². The predicted octanol–water partition coefficient (Wildman–Crippen LogP) is 6.85. The third-order valence-corrected chi connectivity index (χ3v) is 6.53. The van der Waals surface area contributed by atoms with E-state index in [1.54, 1.807) is 19.1 Å². The maximum atomic E-state index is 14.4. The van der Waals surface area contributed by atoms with E-state index in [9.17, 15) is 8.78 Å². The first-order valence-electron chi connectivity index (χ1n) is 10.2. The van der Waals surface area contributed by atoms with Gasteiger partial charge < -0.3 is 4.74 Å². The molecule has 0 amide bonds. The van der Waals surface area contributed by atoms with E-state index >= 15 is 0 Å². The Morgan fingerprint density at radius 2 is 1.64 bits per heavy atom. The number of benzene rings is 1. The smallest absolute Gasteiger partial charge is 0.200 e. The Bertz CT molecular complexity index is 563. The molecule has 0 N–H and O–H groups in total. The van der Waals surface area contributed by atoms with Gasteiger partial charge in [-0.3, -0.25) is 0 Å². The molecule has 2 fully saturated rings. The van der Waals surface area contributed by atoms with Crippen molar-refractivity contribution in [2.24, 2.45) is 17.8 Å². The molecule has 3 rings (SSSR count). The van der Waals surface area contributed by atoms with Gasteiger partial charge in [-0.1, -0.05) is 32.3 Å². The Kier molecular flexibility index (Phi) is 6.35. The quantitative estimate of drug-likeness (QED) is 0.545. The van der Waals surface area contributed by atoms with Crippen molar-refractivity contribution < 1.29 is 13.5 Å². The van der Waals surface area contributed by atoms with Crippen molar-refractivity contribution in [2.45, 2.75) is 77.6 Å². The van der Waals surface area contributed by atoms with Crippen molar-refractivity contribution in [2.75, 3.05) is 6.61 Å². The molecule has 2 aliphatic carbocycles. The topological polar surface area (TPSA) is 9.23 Å². The average Bonchev–Trinajstić information content (AvgIpc) is 3.09. The van der Waals surface area contributed by atoms with Crippen LogP contribution in [0.15, 0.2) is 12.1 Å². The second-order valence-electron chi connectivity index (χ2n) is 8.05. The summed E-state index contributed by atoms with van der Waals surface area (Å²) in [6.07, 6.45) is 11.2. The SMILES string of the molecule is CCCC1CCC(C2CCC(c3ccc(OCC)c(F)c3F)CC2)C1. The lowest BCUT2D eigenvalue weighted by molar-refractivity contribution is 0.227. The van der Waals surface area contributed by atoms with Crippen LogP contribution in [0.3, 0.4) is 0 Å². The van der Waals surface area contributed by atoms with Gasteiger partial charge in [0.25, 0.3) is 0 Å². The summed E-state index contributed by atoms with van der Waals surface area (Å²) in [4.78, 5) is 0. The minimum Gasteiger partial charge on any atom is -0.491 e. The fourth-order valence-electron chi connectivity index (χ4n) is 5.24. The van der Waals surface area contributed by atoms with Gasteiger partial charge in [0.2, 0.25) is 5.82 Å². The molecule has 0 radical (unpaired) electrons. The lowest BCUT2D eigenvalue weighted by Crippen LogP contribution is -2.20. The van der Waals surface area contributed by atoms with Gasteiger partial charge in [0.15, 0.2) is 11.6 Å². The molecule has 25 heavy (non-hydrogen) atoms. The number of ether oxygens (including phenoxy) is 1. The first-order valence-corrected chi connectivity index (χ1v) is 10.2. The van der Waals surface area contributed by atoms with Gasteiger partial charge in [0.05, 0.1) is 6.61 Å². The maximum absolute atomic E-state index is 14.4. The summed E-state index contributed by atoms with van der Waals surface area (Å²) in [6.45, 7) is 4.41. The largest absolute Gasteiger partial charge is 0.491 e. The van der Waals surface area contributed by atoms with E-state index in [-0.39, 0.29) is 11.7 Å². The van der Waals surface area contributed by atoms with Crippen molar-refractivity contribution in [3.8, 4) is 5.75 Å². The standard InChI is InChI=1S/C22H32F2O/c1-3-5-15-6-7-18(14-15)16-8-10-17(11-9-16)19-12-13-20(25-4-2)22(24)21(19)23/h12-13,15-18H,3-11,14H2,1-2H3. The van der Waals surface area contributed by atoms with Gasteiger partial charge in [-0.05, 0) is 80.8 Å². The maximum Gasteiger partial charge on any atom is 0.200 e. The molecule has 2 atom stereocenters. The van der Waals surface area contributed by atoms with Crippen molar-refractivity contribution >= 4 is 0 Å². The van der Waals surface area contributed by atoms with Crippen LogP contribution in [0.1, 0.15) is 83.1 Å². The molecule has 2 aliphatic rings. The highest BCUT2D eigenvalue weighted by molar-refractivity contribution is 5.33. The third kappa shape index (κ3) is 4.17. The molecule has 3 heteroatoms. The van der Waals surface area contributed by atoms with E-state index in [1.165, 1.54) is 44.9 Å². The molecule has 1 nitrogen and oxygen atoms in total. The number of hydrogen-bond acceptors (Lipinski definition) is 1. The van der Waals surface area contributed by atoms with Crippen LogP contribution in [-0.4, -0.2) is 6.61 Å². The van der Waals surface area contributed by atoms with E-state index in [1.807, 2.05) is 0 Å². The Hall–Kier alpha value is -1.12. The van der Waals surface area contributed by atoms with Crippen LogP contribution in [0.2, 0.25) is 0 Å². The van der Waals surface area contributed by atoms with Crippen molar-refractivity contribution in [1.29, 1.82) is 0 Å². The minimum atomic E-state index is -0.820. The molecule has 2 saturated carbocycles. The van der Waals surface area contributed by atoms with Gasteiger partial charge in [-0.2, -0.15) is 4.39 Å². The first kappa shape index (κ1) is 18.7. The summed E-state index contributed by atoms with van der Waals surface area (Å²) in [5.74, 6) is 1.29. The summed E-state index contributed by atoms with van der Waals surface area (Å²) in [5, 5.41) is 0. The van der Waals surface area contributed by atoms with Gasteiger partial charge in [-0.15, -0.1) is 0 Å². The second kappa shape index (κ2) is 8.51. The zero-order valence-electron chi connectivity index (χ0n) is 15.7. The Morgan fingerprint density at radius 1 is 0.920 bits per heavy atom. The Morgan fingerprint density at radius 3 is 2.32 bits per heavy atom. The van der Waals surface area contributed by atoms with Crippen LogP contribution in [0.4, 0.5) is 8.78 Å². The fourth-order valence-corrected chi connectivity index (χ4v) is 5.24. The van der Waals surface area contributed by atoms with E-state index in [4.69, 9.17) is 4.74 Å². The third-order valence-electron chi connectivity index (χ3n) is 6.53. The summed E-state index contributed by atoms with van der Waals surface area (Å²) in [6, 6.07) is 3.33. The van der Waals surface area contributed by atoms with Crippen LogP contribution in [0, 0.1) is 29.4 Å². The van der Waals surface area contributed by atoms with E-state index in [0.717, 1.165) is 30.6 Å². The summed E-state index contributed by atoms with van der Waals surface area (Å²) >= 11 is 0. The highest BCUT2D eigenvalue weighted by Crippen LogP contribution is 2.46. The van der Waals surface area contributed by atoms with Crippen molar-refractivity contribution in [1.82, 2.24) is 0 Å².